The number of hydrogen-bond donors (Lipinski definition) is 2. The van der Waals surface area contributed by atoms with Crippen LogP contribution in [0.1, 0.15) is 26.2 Å². The van der Waals surface area contributed by atoms with Gasteiger partial charge in [0.2, 0.25) is 5.91 Å². The van der Waals surface area contributed by atoms with Gasteiger partial charge in [0.15, 0.2) is 0 Å². The number of hydrogen-bond acceptors (Lipinski definition) is 2. The SMILES string of the molecule is CCCNCCNC(=O)C1CC2C=CC1C2. The van der Waals surface area contributed by atoms with E-state index in [9.17, 15) is 4.79 Å². The molecule has 2 rings (SSSR count). The number of rotatable bonds is 6. The van der Waals surface area contributed by atoms with E-state index in [-0.39, 0.29) is 11.8 Å². The van der Waals surface area contributed by atoms with Crippen molar-refractivity contribution >= 4 is 5.91 Å². The van der Waals surface area contributed by atoms with Crippen LogP contribution < -0.4 is 10.6 Å². The third-order valence-corrected chi connectivity index (χ3v) is 3.64. The van der Waals surface area contributed by atoms with E-state index in [2.05, 4.69) is 29.7 Å². The number of allylic oxidation sites excluding steroid dienone is 2. The number of fused-ring (bicyclic) bond motifs is 2. The van der Waals surface area contributed by atoms with Gasteiger partial charge in [0.1, 0.15) is 0 Å². The third-order valence-electron chi connectivity index (χ3n) is 3.64. The lowest BCUT2D eigenvalue weighted by Gasteiger charge is -2.17. The van der Waals surface area contributed by atoms with E-state index in [1.54, 1.807) is 0 Å². The van der Waals surface area contributed by atoms with Crippen LogP contribution in [0.15, 0.2) is 12.2 Å². The van der Waals surface area contributed by atoms with E-state index < -0.39 is 0 Å². The highest BCUT2D eigenvalue weighted by Crippen LogP contribution is 2.43. The number of amides is 1. The molecule has 0 heterocycles. The summed E-state index contributed by atoms with van der Waals surface area (Å²) in [5, 5.41) is 6.32. The van der Waals surface area contributed by atoms with Gasteiger partial charge in [-0.25, -0.2) is 0 Å². The van der Waals surface area contributed by atoms with Crippen LogP contribution >= 0.6 is 0 Å². The maximum absolute atomic E-state index is 11.9. The molecule has 3 heteroatoms. The molecule has 3 nitrogen and oxygen atoms in total. The summed E-state index contributed by atoms with van der Waals surface area (Å²) in [7, 11) is 0. The Kier molecular flexibility index (Phi) is 3.99. The maximum Gasteiger partial charge on any atom is 0.223 e. The van der Waals surface area contributed by atoms with E-state index >= 15 is 0 Å². The van der Waals surface area contributed by atoms with Crippen LogP contribution in [0.4, 0.5) is 0 Å². The number of carbonyl (C=O) groups is 1. The topological polar surface area (TPSA) is 41.1 Å². The minimum atomic E-state index is 0.251. The smallest absolute Gasteiger partial charge is 0.223 e. The lowest BCUT2D eigenvalue weighted by atomic mass is 9.93. The van der Waals surface area contributed by atoms with Crippen LogP contribution in [-0.2, 0) is 4.79 Å². The molecule has 0 aliphatic heterocycles. The summed E-state index contributed by atoms with van der Waals surface area (Å²) >= 11 is 0. The van der Waals surface area contributed by atoms with Crippen molar-refractivity contribution < 1.29 is 4.79 Å². The Hall–Kier alpha value is -0.830. The van der Waals surface area contributed by atoms with Gasteiger partial charge in [0.25, 0.3) is 0 Å². The molecule has 2 aliphatic rings. The lowest BCUT2D eigenvalue weighted by Crippen LogP contribution is -2.37. The average Bonchev–Trinajstić information content (AvgIpc) is 2.90. The molecule has 1 amide bonds. The zero-order valence-electron chi connectivity index (χ0n) is 10.0. The molecular formula is C13H22N2O. The predicted octanol–water partition coefficient (Wildman–Crippen LogP) is 1.31. The Morgan fingerprint density at radius 2 is 2.12 bits per heavy atom. The highest BCUT2D eigenvalue weighted by molar-refractivity contribution is 5.79. The number of carbonyl (C=O) groups excluding carboxylic acids is 1. The Bertz CT molecular complexity index is 275. The first-order valence-electron chi connectivity index (χ1n) is 6.48. The molecule has 2 aliphatic carbocycles. The van der Waals surface area contributed by atoms with Crippen LogP contribution in [0.5, 0.6) is 0 Å². The second kappa shape index (κ2) is 5.48. The maximum atomic E-state index is 11.9. The molecule has 0 aromatic carbocycles. The Balaban J connectivity index is 1.63. The van der Waals surface area contributed by atoms with E-state index in [1.165, 1.54) is 6.42 Å². The molecule has 0 saturated heterocycles. The highest BCUT2D eigenvalue weighted by atomic mass is 16.1. The molecule has 0 radical (unpaired) electrons. The van der Waals surface area contributed by atoms with Gasteiger partial charge in [0, 0.05) is 19.0 Å². The van der Waals surface area contributed by atoms with Crippen molar-refractivity contribution in [2.45, 2.75) is 26.2 Å². The largest absolute Gasteiger partial charge is 0.355 e. The predicted molar refractivity (Wildman–Crippen MR) is 65.0 cm³/mol. The molecule has 16 heavy (non-hydrogen) atoms. The highest BCUT2D eigenvalue weighted by Gasteiger charge is 2.39. The van der Waals surface area contributed by atoms with Crippen LogP contribution in [0.3, 0.4) is 0 Å². The van der Waals surface area contributed by atoms with Crippen molar-refractivity contribution in [3.63, 3.8) is 0 Å². The van der Waals surface area contributed by atoms with Crippen molar-refractivity contribution in [3.8, 4) is 0 Å². The Labute approximate surface area is 97.7 Å². The molecule has 2 N–H and O–H groups in total. The Morgan fingerprint density at radius 3 is 2.75 bits per heavy atom. The van der Waals surface area contributed by atoms with Crippen LogP contribution in [0, 0.1) is 17.8 Å². The van der Waals surface area contributed by atoms with Crippen molar-refractivity contribution in [2.75, 3.05) is 19.6 Å². The zero-order chi connectivity index (χ0) is 11.4. The van der Waals surface area contributed by atoms with Gasteiger partial charge in [-0.2, -0.15) is 0 Å². The van der Waals surface area contributed by atoms with Gasteiger partial charge in [-0.3, -0.25) is 4.79 Å². The minimum Gasteiger partial charge on any atom is -0.355 e. The van der Waals surface area contributed by atoms with Gasteiger partial charge < -0.3 is 10.6 Å². The third kappa shape index (κ3) is 2.64. The van der Waals surface area contributed by atoms with Gasteiger partial charge in [-0.1, -0.05) is 19.1 Å². The molecule has 3 unspecified atom stereocenters. The fourth-order valence-electron chi connectivity index (χ4n) is 2.79. The molecular weight excluding hydrogens is 200 g/mol. The summed E-state index contributed by atoms with van der Waals surface area (Å²) in [6, 6.07) is 0. The molecule has 90 valence electrons. The number of nitrogens with one attached hydrogen (secondary N) is 2. The summed E-state index contributed by atoms with van der Waals surface area (Å²) < 4.78 is 0. The molecule has 3 atom stereocenters. The summed E-state index contributed by atoms with van der Waals surface area (Å²) in [5.74, 6) is 1.71. The molecule has 1 saturated carbocycles. The molecule has 0 aromatic rings. The standard InChI is InChI=1S/C13H22N2O/c1-2-5-14-6-7-15-13(16)12-9-10-3-4-11(12)8-10/h3-4,10-12,14H,2,5-9H2,1H3,(H,15,16). The van der Waals surface area contributed by atoms with E-state index in [1.807, 2.05) is 0 Å². The summed E-state index contributed by atoms with van der Waals surface area (Å²) in [5.41, 5.74) is 0. The molecule has 0 spiro atoms. The average molecular weight is 222 g/mol. The van der Waals surface area contributed by atoms with Gasteiger partial charge in [0.05, 0.1) is 0 Å². The first kappa shape index (κ1) is 11.6. The summed E-state index contributed by atoms with van der Waals surface area (Å²) in [4.78, 5) is 11.9. The molecule has 1 fully saturated rings. The van der Waals surface area contributed by atoms with Crippen LogP contribution in [0.25, 0.3) is 0 Å². The minimum absolute atomic E-state index is 0.251. The molecule has 0 aromatic heterocycles. The fourth-order valence-corrected chi connectivity index (χ4v) is 2.79. The van der Waals surface area contributed by atoms with Crippen molar-refractivity contribution in [3.05, 3.63) is 12.2 Å². The van der Waals surface area contributed by atoms with E-state index in [0.717, 1.165) is 32.5 Å². The van der Waals surface area contributed by atoms with Crippen molar-refractivity contribution in [1.82, 2.24) is 10.6 Å². The summed E-state index contributed by atoms with van der Waals surface area (Å²) in [6.07, 6.45) is 7.91. The quantitative estimate of drug-likeness (QED) is 0.525. The second-order valence-electron chi connectivity index (χ2n) is 4.93. The zero-order valence-corrected chi connectivity index (χ0v) is 10.0. The van der Waals surface area contributed by atoms with Gasteiger partial charge >= 0.3 is 0 Å². The van der Waals surface area contributed by atoms with Crippen LogP contribution in [0.2, 0.25) is 0 Å². The second-order valence-corrected chi connectivity index (χ2v) is 4.93. The van der Waals surface area contributed by atoms with Gasteiger partial charge in [-0.05, 0) is 37.6 Å². The van der Waals surface area contributed by atoms with E-state index in [0.29, 0.717) is 11.8 Å². The normalized spacial score (nSPS) is 30.9. The summed E-state index contributed by atoms with van der Waals surface area (Å²) in [6.45, 7) is 4.83. The van der Waals surface area contributed by atoms with Crippen LogP contribution in [-0.4, -0.2) is 25.5 Å². The van der Waals surface area contributed by atoms with Gasteiger partial charge in [-0.15, -0.1) is 0 Å². The Morgan fingerprint density at radius 1 is 1.25 bits per heavy atom. The first-order chi connectivity index (χ1) is 7.81. The first-order valence-corrected chi connectivity index (χ1v) is 6.48. The molecule has 2 bridgehead atoms. The van der Waals surface area contributed by atoms with Crippen molar-refractivity contribution in [2.24, 2.45) is 17.8 Å². The monoisotopic (exact) mass is 222 g/mol. The fraction of sp³-hybridized carbons (Fsp3) is 0.769. The van der Waals surface area contributed by atoms with E-state index in [4.69, 9.17) is 0 Å². The lowest BCUT2D eigenvalue weighted by molar-refractivity contribution is -0.125. The van der Waals surface area contributed by atoms with Crippen molar-refractivity contribution in [1.29, 1.82) is 0 Å².